The summed E-state index contributed by atoms with van der Waals surface area (Å²) in [6.45, 7) is 1.81. The van der Waals surface area contributed by atoms with Crippen LogP contribution in [0.2, 0.25) is 5.02 Å². The first kappa shape index (κ1) is 31.1. The zero-order valence-electron chi connectivity index (χ0n) is 23.9. The van der Waals surface area contributed by atoms with Crippen molar-refractivity contribution in [2.45, 2.75) is 49.7 Å². The predicted octanol–water partition coefficient (Wildman–Crippen LogP) is 7.15. The number of carbonyl (C=O) groups excluding carboxylic acids is 1. The van der Waals surface area contributed by atoms with E-state index in [1.54, 1.807) is 36.0 Å². The van der Waals surface area contributed by atoms with E-state index in [1.165, 1.54) is 40.7 Å². The SMILES string of the molecule is CCN([C@H]1CCC2=Cc3c(cnn3-c3ccc(F)cc3)C[C@]2(C(=O)c2cc(C(F)(F)F)ccn2)C1)S(=O)(=O)c1ccc(Cl)cc1. The lowest BCUT2D eigenvalue weighted by Gasteiger charge is -2.46. The first-order valence-electron chi connectivity index (χ1n) is 14.2. The Morgan fingerprint density at radius 2 is 1.82 bits per heavy atom. The number of ketones is 1. The summed E-state index contributed by atoms with van der Waals surface area (Å²) in [5.41, 5.74) is -0.186. The largest absolute Gasteiger partial charge is 0.416 e. The summed E-state index contributed by atoms with van der Waals surface area (Å²) in [5.74, 6) is -1.03. The standard InChI is InChI=1S/C32H27ClF4N4O3S/c1-2-40(45(43,44)27-11-4-23(33)5-12-27)26-8-3-21-16-29-20(19-39-41(29)25-9-6-24(34)7-10-25)17-31(21,18-26)30(42)28-15-22(13-14-38-28)32(35,36)37/h4-7,9-16,19,26H,2-3,8,17-18H2,1H3/t26-,31-/m0/s1. The van der Waals surface area contributed by atoms with Crippen LogP contribution in [0.4, 0.5) is 17.6 Å². The zero-order chi connectivity index (χ0) is 32.1. The Kier molecular flexibility index (Phi) is 7.95. The Morgan fingerprint density at radius 1 is 1.11 bits per heavy atom. The van der Waals surface area contributed by atoms with Crippen LogP contribution < -0.4 is 0 Å². The lowest BCUT2D eigenvalue weighted by Crippen LogP contribution is -2.50. The fourth-order valence-electron chi connectivity index (χ4n) is 6.46. The van der Waals surface area contributed by atoms with E-state index in [0.717, 1.165) is 18.3 Å². The van der Waals surface area contributed by atoms with E-state index in [9.17, 15) is 30.8 Å². The molecule has 13 heteroatoms. The van der Waals surface area contributed by atoms with E-state index in [1.807, 2.05) is 0 Å². The highest BCUT2D eigenvalue weighted by atomic mass is 35.5. The van der Waals surface area contributed by atoms with Gasteiger partial charge in [0, 0.05) is 23.8 Å². The average Bonchev–Trinajstić information content (AvgIpc) is 3.42. The van der Waals surface area contributed by atoms with Crippen molar-refractivity contribution in [1.29, 1.82) is 0 Å². The molecule has 2 aromatic carbocycles. The average molecular weight is 659 g/mol. The maximum atomic E-state index is 14.5. The number of rotatable bonds is 7. The van der Waals surface area contributed by atoms with Crippen LogP contribution in [0.15, 0.2) is 83.5 Å². The van der Waals surface area contributed by atoms with Crippen LogP contribution in [-0.4, -0.2) is 45.9 Å². The van der Waals surface area contributed by atoms with E-state index in [4.69, 9.17) is 11.6 Å². The molecule has 2 aliphatic carbocycles. The summed E-state index contributed by atoms with van der Waals surface area (Å²) in [6, 6.07) is 12.4. The molecule has 0 aliphatic heterocycles. The first-order valence-corrected chi connectivity index (χ1v) is 16.0. The van der Waals surface area contributed by atoms with Crippen LogP contribution in [0.5, 0.6) is 0 Å². The third kappa shape index (κ3) is 5.59. The molecule has 4 aromatic rings. The number of sulfonamides is 1. The number of alkyl halides is 3. The van der Waals surface area contributed by atoms with Gasteiger partial charge in [-0.1, -0.05) is 24.1 Å². The highest BCUT2D eigenvalue weighted by Gasteiger charge is 2.51. The Bertz CT molecular complexity index is 1910. The summed E-state index contributed by atoms with van der Waals surface area (Å²) in [6.07, 6.45) is 0.422. The number of carbonyl (C=O) groups is 1. The number of hydrogen-bond acceptors (Lipinski definition) is 5. The van der Waals surface area contributed by atoms with Crippen LogP contribution in [0, 0.1) is 11.2 Å². The minimum atomic E-state index is -4.69. The molecule has 0 saturated heterocycles. The molecule has 1 saturated carbocycles. The number of pyridine rings is 1. The maximum absolute atomic E-state index is 14.5. The molecule has 6 rings (SSSR count). The van der Waals surface area contributed by atoms with Crippen molar-refractivity contribution in [2.24, 2.45) is 5.41 Å². The lowest BCUT2D eigenvalue weighted by molar-refractivity contribution is -0.137. The molecule has 0 amide bonds. The van der Waals surface area contributed by atoms with Gasteiger partial charge in [-0.2, -0.15) is 22.6 Å². The van der Waals surface area contributed by atoms with Crippen molar-refractivity contribution in [2.75, 3.05) is 6.54 Å². The number of hydrogen-bond donors (Lipinski definition) is 0. The van der Waals surface area contributed by atoms with Gasteiger partial charge in [0.2, 0.25) is 10.0 Å². The van der Waals surface area contributed by atoms with Gasteiger partial charge < -0.3 is 0 Å². The predicted molar refractivity (Wildman–Crippen MR) is 160 cm³/mol. The first-order chi connectivity index (χ1) is 21.3. The molecule has 0 bridgehead atoms. The van der Waals surface area contributed by atoms with Crippen molar-refractivity contribution in [3.63, 3.8) is 0 Å². The quantitative estimate of drug-likeness (QED) is 0.156. The molecule has 0 radical (unpaired) electrons. The number of halogens is 5. The van der Waals surface area contributed by atoms with Crippen LogP contribution in [0.25, 0.3) is 11.8 Å². The van der Waals surface area contributed by atoms with Gasteiger partial charge >= 0.3 is 6.18 Å². The molecule has 2 atom stereocenters. The molecule has 0 spiro atoms. The number of Topliss-reactive ketones (excluding diaryl/α,β-unsaturated/α-hetero) is 1. The second kappa shape index (κ2) is 11.5. The summed E-state index contributed by atoms with van der Waals surface area (Å²) in [7, 11) is -4.01. The summed E-state index contributed by atoms with van der Waals surface area (Å²) >= 11 is 5.99. The fourth-order valence-corrected chi connectivity index (χ4v) is 8.25. The van der Waals surface area contributed by atoms with Gasteiger partial charge in [-0.15, -0.1) is 0 Å². The van der Waals surface area contributed by atoms with Crippen molar-refractivity contribution in [3.05, 3.63) is 112 Å². The number of fused-ring (bicyclic) bond motifs is 2. The van der Waals surface area contributed by atoms with E-state index < -0.39 is 44.8 Å². The number of aromatic nitrogens is 3. The fraction of sp³-hybridized carbons (Fsp3) is 0.281. The highest BCUT2D eigenvalue weighted by molar-refractivity contribution is 7.89. The molecule has 0 unspecified atom stereocenters. The molecular formula is C32H27ClF4N4O3S. The maximum Gasteiger partial charge on any atom is 0.416 e. The van der Waals surface area contributed by atoms with Crippen LogP contribution >= 0.6 is 11.6 Å². The summed E-state index contributed by atoms with van der Waals surface area (Å²) < 4.78 is 85.2. The van der Waals surface area contributed by atoms with Gasteiger partial charge in [0.25, 0.3) is 0 Å². The van der Waals surface area contributed by atoms with Gasteiger partial charge in [0.15, 0.2) is 5.78 Å². The Balaban J connectivity index is 1.45. The van der Waals surface area contributed by atoms with Gasteiger partial charge in [-0.05, 0) is 98.0 Å². The Hall–Kier alpha value is -3.87. The monoisotopic (exact) mass is 658 g/mol. The van der Waals surface area contributed by atoms with Crippen LogP contribution in [0.3, 0.4) is 0 Å². The van der Waals surface area contributed by atoms with E-state index in [0.29, 0.717) is 40.4 Å². The number of benzene rings is 2. The summed E-state index contributed by atoms with van der Waals surface area (Å²) in [5, 5.41) is 4.86. The molecule has 0 N–H and O–H groups in total. The molecule has 2 aromatic heterocycles. The lowest BCUT2D eigenvalue weighted by atomic mass is 9.60. The van der Waals surface area contributed by atoms with Crippen LogP contribution in [-0.2, 0) is 22.6 Å². The Labute approximate surface area is 262 Å². The molecular weight excluding hydrogens is 632 g/mol. The van der Waals surface area contributed by atoms with E-state index in [-0.39, 0.29) is 30.0 Å². The van der Waals surface area contributed by atoms with Crippen molar-refractivity contribution >= 4 is 33.5 Å². The molecule has 45 heavy (non-hydrogen) atoms. The number of nitrogens with zero attached hydrogens (tertiary/aromatic N) is 4. The highest BCUT2D eigenvalue weighted by Crippen LogP contribution is 2.51. The third-order valence-corrected chi connectivity index (χ3v) is 10.9. The van der Waals surface area contributed by atoms with Gasteiger partial charge in [0.05, 0.1) is 33.5 Å². The van der Waals surface area contributed by atoms with E-state index >= 15 is 0 Å². The zero-order valence-corrected chi connectivity index (χ0v) is 25.5. The van der Waals surface area contributed by atoms with Crippen molar-refractivity contribution in [1.82, 2.24) is 19.1 Å². The van der Waals surface area contributed by atoms with Crippen molar-refractivity contribution < 1.29 is 30.8 Å². The second-order valence-electron chi connectivity index (χ2n) is 11.2. The number of allylic oxidation sites excluding steroid dienone is 1. The van der Waals surface area contributed by atoms with Gasteiger partial charge in [-0.25, -0.2) is 17.5 Å². The molecule has 2 heterocycles. The van der Waals surface area contributed by atoms with Gasteiger partial charge in [0.1, 0.15) is 11.5 Å². The van der Waals surface area contributed by atoms with Crippen molar-refractivity contribution in [3.8, 4) is 5.69 Å². The normalized spacial score (nSPS) is 20.0. The topological polar surface area (TPSA) is 85.2 Å². The molecule has 2 aliphatic rings. The van der Waals surface area contributed by atoms with E-state index in [2.05, 4.69) is 10.1 Å². The summed E-state index contributed by atoms with van der Waals surface area (Å²) in [4.78, 5) is 18.5. The minimum Gasteiger partial charge on any atom is -0.291 e. The molecule has 1 fully saturated rings. The van der Waals surface area contributed by atoms with Crippen LogP contribution in [0.1, 0.15) is 53.5 Å². The van der Waals surface area contributed by atoms with Gasteiger partial charge in [-0.3, -0.25) is 9.78 Å². The molecule has 234 valence electrons. The second-order valence-corrected chi connectivity index (χ2v) is 13.5. The minimum absolute atomic E-state index is 0.0252. The molecule has 7 nitrogen and oxygen atoms in total. The third-order valence-electron chi connectivity index (χ3n) is 8.60. The Morgan fingerprint density at radius 3 is 2.49 bits per heavy atom. The smallest absolute Gasteiger partial charge is 0.291 e.